The number of likely N-dealkylation sites (N-methyl/N-ethyl adjacent to an activating group) is 1. The lowest BCUT2D eigenvalue weighted by Crippen LogP contribution is -2.36. The summed E-state index contributed by atoms with van der Waals surface area (Å²) >= 11 is 0. The van der Waals surface area contributed by atoms with E-state index >= 15 is 0 Å². The van der Waals surface area contributed by atoms with Crippen molar-refractivity contribution in [3.05, 3.63) is 29.3 Å². The van der Waals surface area contributed by atoms with Crippen LogP contribution < -0.4 is 10.1 Å². The van der Waals surface area contributed by atoms with Crippen molar-refractivity contribution in [2.45, 2.75) is 39.2 Å². The molecular formula is C17H28N2O. The van der Waals surface area contributed by atoms with E-state index in [0.29, 0.717) is 12.0 Å². The van der Waals surface area contributed by atoms with E-state index in [-0.39, 0.29) is 0 Å². The van der Waals surface area contributed by atoms with Crippen LogP contribution in [0.25, 0.3) is 0 Å². The monoisotopic (exact) mass is 276 g/mol. The molecule has 2 rings (SSSR count). The Labute approximate surface area is 123 Å². The Morgan fingerprint density at radius 3 is 2.80 bits per heavy atom. The van der Waals surface area contributed by atoms with Gasteiger partial charge in [0.15, 0.2) is 0 Å². The predicted molar refractivity (Wildman–Crippen MR) is 84.7 cm³/mol. The van der Waals surface area contributed by atoms with Crippen LogP contribution in [0.2, 0.25) is 0 Å². The molecule has 112 valence electrons. The molecule has 20 heavy (non-hydrogen) atoms. The number of nitrogens with one attached hydrogen (secondary N) is 1. The fourth-order valence-electron chi connectivity index (χ4n) is 2.89. The van der Waals surface area contributed by atoms with Gasteiger partial charge < -0.3 is 10.1 Å². The summed E-state index contributed by atoms with van der Waals surface area (Å²) in [5, 5.41) is 3.40. The number of rotatable bonds is 6. The number of hydrogen-bond acceptors (Lipinski definition) is 3. The molecule has 1 aromatic rings. The highest BCUT2D eigenvalue weighted by atomic mass is 16.5. The van der Waals surface area contributed by atoms with Gasteiger partial charge in [0.05, 0.1) is 0 Å². The average molecular weight is 276 g/mol. The zero-order valence-corrected chi connectivity index (χ0v) is 13.3. The molecular weight excluding hydrogens is 248 g/mol. The Hall–Kier alpha value is -1.06. The first-order chi connectivity index (χ1) is 9.58. The van der Waals surface area contributed by atoms with Crippen LogP contribution in [0, 0.1) is 6.92 Å². The standard InChI is InChI=1S/C17H28N2O/c1-13(2)17-6-5-16(11-14(17)3)20-10-9-19(4)15-7-8-18-12-15/h5-6,11,13,15,18H,7-10,12H2,1-4H3. The summed E-state index contributed by atoms with van der Waals surface area (Å²) in [6.45, 7) is 10.6. The topological polar surface area (TPSA) is 24.5 Å². The third-order valence-corrected chi connectivity index (χ3v) is 4.23. The van der Waals surface area contributed by atoms with E-state index in [1.54, 1.807) is 0 Å². The Morgan fingerprint density at radius 1 is 1.40 bits per heavy atom. The Balaban J connectivity index is 1.80. The third-order valence-electron chi connectivity index (χ3n) is 4.23. The van der Waals surface area contributed by atoms with E-state index in [2.05, 4.69) is 56.2 Å². The summed E-state index contributed by atoms with van der Waals surface area (Å²) in [6, 6.07) is 7.12. The molecule has 0 aliphatic carbocycles. The Kier molecular flexibility index (Phi) is 5.44. The van der Waals surface area contributed by atoms with Gasteiger partial charge in [-0.2, -0.15) is 0 Å². The van der Waals surface area contributed by atoms with E-state index in [1.807, 2.05) is 0 Å². The largest absolute Gasteiger partial charge is 0.492 e. The van der Waals surface area contributed by atoms with Gasteiger partial charge in [0, 0.05) is 19.1 Å². The fraction of sp³-hybridized carbons (Fsp3) is 0.647. The zero-order valence-electron chi connectivity index (χ0n) is 13.3. The summed E-state index contributed by atoms with van der Waals surface area (Å²) in [5.41, 5.74) is 2.73. The molecule has 1 atom stereocenters. The molecule has 1 N–H and O–H groups in total. The van der Waals surface area contributed by atoms with Gasteiger partial charge in [0.1, 0.15) is 12.4 Å². The molecule has 1 saturated heterocycles. The second kappa shape index (κ2) is 7.09. The molecule has 0 aromatic heterocycles. The summed E-state index contributed by atoms with van der Waals surface area (Å²) in [7, 11) is 2.19. The highest BCUT2D eigenvalue weighted by Gasteiger charge is 2.18. The maximum atomic E-state index is 5.89. The van der Waals surface area contributed by atoms with Crippen molar-refractivity contribution >= 4 is 0 Å². The lowest BCUT2D eigenvalue weighted by Gasteiger charge is -2.23. The average Bonchev–Trinajstić information content (AvgIpc) is 2.92. The van der Waals surface area contributed by atoms with E-state index in [1.165, 1.54) is 17.5 Å². The lowest BCUT2D eigenvalue weighted by molar-refractivity contribution is 0.199. The van der Waals surface area contributed by atoms with Crippen molar-refractivity contribution in [3.8, 4) is 5.75 Å². The molecule has 1 aromatic carbocycles. The minimum atomic E-state index is 0.574. The van der Waals surface area contributed by atoms with Crippen molar-refractivity contribution in [1.29, 1.82) is 0 Å². The van der Waals surface area contributed by atoms with Gasteiger partial charge in [0.25, 0.3) is 0 Å². The summed E-state index contributed by atoms with van der Waals surface area (Å²) in [5.74, 6) is 1.56. The van der Waals surface area contributed by atoms with Gasteiger partial charge >= 0.3 is 0 Å². The van der Waals surface area contributed by atoms with Gasteiger partial charge in [-0.15, -0.1) is 0 Å². The van der Waals surface area contributed by atoms with Gasteiger partial charge in [-0.1, -0.05) is 19.9 Å². The van der Waals surface area contributed by atoms with Crippen LogP contribution in [0.1, 0.15) is 37.3 Å². The minimum Gasteiger partial charge on any atom is -0.492 e. The number of hydrogen-bond donors (Lipinski definition) is 1. The number of nitrogens with zero attached hydrogens (tertiary/aromatic N) is 1. The highest BCUT2D eigenvalue weighted by molar-refractivity contribution is 5.36. The summed E-state index contributed by atoms with van der Waals surface area (Å²) in [6.07, 6.45) is 1.25. The first-order valence-electron chi connectivity index (χ1n) is 7.72. The van der Waals surface area contributed by atoms with Crippen molar-refractivity contribution in [2.75, 3.05) is 33.3 Å². The van der Waals surface area contributed by atoms with Crippen molar-refractivity contribution in [3.63, 3.8) is 0 Å². The van der Waals surface area contributed by atoms with Crippen LogP contribution in [0.5, 0.6) is 5.75 Å². The summed E-state index contributed by atoms with van der Waals surface area (Å²) < 4.78 is 5.89. The van der Waals surface area contributed by atoms with E-state index in [4.69, 9.17) is 4.74 Å². The van der Waals surface area contributed by atoms with Crippen LogP contribution in [0.4, 0.5) is 0 Å². The molecule has 1 unspecified atom stereocenters. The van der Waals surface area contributed by atoms with Crippen LogP contribution >= 0.6 is 0 Å². The van der Waals surface area contributed by atoms with Gasteiger partial charge in [-0.3, -0.25) is 4.90 Å². The normalized spacial score (nSPS) is 19.0. The molecule has 1 aliphatic heterocycles. The van der Waals surface area contributed by atoms with Crippen LogP contribution in [0.3, 0.4) is 0 Å². The molecule has 3 heteroatoms. The first-order valence-corrected chi connectivity index (χ1v) is 7.72. The van der Waals surface area contributed by atoms with Crippen LogP contribution in [0.15, 0.2) is 18.2 Å². The van der Waals surface area contributed by atoms with E-state index in [9.17, 15) is 0 Å². The van der Waals surface area contributed by atoms with Crippen molar-refractivity contribution in [2.24, 2.45) is 0 Å². The molecule has 3 nitrogen and oxygen atoms in total. The van der Waals surface area contributed by atoms with E-state index < -0.39 is 0 Å². The first kappa shape index (κ1) is 15.3. The predicted octanol–water partition coefficient (Wildman–Crippen LogP) is 2.79. The molecule has 1 fully saturated rings. The maximum Gasteiger partial charge on any atom is 0.119 e. The number of aryl methyl sites for hydroxylation is 1. The molecule has 0 bridgehead atoms. The SMILES string of the molecule is Cc1cc(OCCN(C)C2CCNC2)ccc1C(C)C. The Morgan fingerprint density at radius 2 is 2.20 bits per heavy atom. The molecule has 1 aliphatic rings. The van der Waals surface area contributed by atoms with Gasteiger partial charge in [-0.05, 0) is 56.1 Å². The number of benzene rings is 1. The quantitative estimate of drug-likeness (QED) is 0.864. The molecule has 0 saturated carbocycles. The molecule has 1 heterocycles. The fourth-order valence-corrected chi connectivity index (χ4v) is 2.89. The smallest absolute Gasteiger partial charge is 0.119 e. The third kappa shape index (κ3) is 3.97. The molecule has 0 radical (unpaired) electrons. The molecule has 0 spiro atoms. The second-order valence-electron chi connectivity index (χ2n) is 6.15. The zero-order chi connectivity index (χ0) is 14.5. The van der Waals surface area contributed by atoms with Crippen LogP contribution in [-0.2, 0) is 0 Å². The Bertz CT molecular complexity index is 425. The highest BCUT2D eigenvalue weighted by Crippen LogP contribution is 2.23. The second-order valence-corrected chi connectivity index (χ2v) is 6.15. The minimum absolute atomic E-state index is 0.574. The van der Waals surface area contributed by atoms with Gasteiger partial charge in [0.2, 0.25) is 0 Å². The lowest BCUT2D eigenvalue weighted by atomic mass is 9.98. The summed E-state index contributed by atoms with van der Waals surface area (Å²) in [4.78, 5) is 2.40. The van der Waals surface area contributed by atoms with Crippen molar-refractivity contribution < 1.29 is 4.74 Å². The molecule has 0 amide bonds. The maximum absolute atomic E-state index is 5.89. The van der Waals surface area contributed by atoms with Gasteiger partial charge in [-0.25, -0.2) is 0 Å². The van der Waals surface area contributed by atoms with Crippen molar-refractivity contribution in [1.82, 2.24) is 10.2 Å². The number of ether oxygens (including phenoxy) is 1. The van der Waals surface area contributed by atoms with Crippen LogP contribution in [-0.4, -0.2) is 44.2 Å². The van der Waals surface area contributed by atoms with E-state index in [0.717, 1.165) is 32.0 Å².